The lowest BCUT2D eigenvalue weighted by molar-refractivity contribution is 0.102. The predicted molar refractivity (Wildman–Crippen MR) is 162 cm³/mol. The number of fused-ring (bicyclic) bond motifs is 3. The van der Waals surface area contributed by atoms with E-state index in [1.807, 2.05) is 67.6 Å². The van der Waals surface area contributed by atoms with Gasteiger partial charge in [-0.1, -0.05) is 90.0 Å². The van der Waals surface area contributed by atoms with Gasteiger partial charge in [0.15, 0.2) is 0 Å². The van der Waals surface area contributed by atoms with Gasteiger partial charge in [-0.2, -0.15) is 0 Å². The second kappa shape index (κ2) is 10.4. The zero-order valence-electron chi connectivity index (χ0n) is 22.0. The Morgan fingerprint density at radius 2 is 1.41 bits per heavy atom. The van der Waals surface area contributed by atoms with E-state index in [9.17, 15) is 4.79 Å². The van der Waals surface area contributed by atoms with Crippen LogP contribution in [0.3, 0.4) is 0 Å². The Morgan fingerprint density at radius 1 is 0.667 bits per heavy atom. The van der Waals surface area contributed by atoms with E-state index in [0.29, 0.717) is 5.56 Å². The van der Waals surface area contributed by atoms with Gasteiger partial charge in [0, 0.05) is 39.8 Å². The summed E-state index contributed by atoms with van der Waals surface area (Å²) in [5.74, 6) is -0.133. The summed E-state index contributed by atoms with van der Waals surface area (Å²) in [4.78, 5) is 18.0. The molecule has 4 heteroatoms. The van der Waals surface area contributed by atoms with E-state index in [2.05, 4.69) is 72.2 Å². The van der Waals surface area contributed by atoms with Crippen molar-refractivity contribution in [3.05, 3.63) is 138 Å². The van der Waals surface area contributed by atoms with Crippen molar-refractivity contribution in [1.82, 2.24) is 4.98 Å². The van der Waals surface area contributed by atoms with Crippen molar-refractivity contribution >= 4 is 39.0 Å². The average Bonchev–Trinajstić information content (AvgIpc) is 2.96. The molecule has 4 nitrogen and oxygen atoms in total. The highest BCUT2D eigenvalue weighted by Gasteiger charge is 2.13. The summed E-state index contributed by atoms with van der Waals surface area (Å²) in [6, 6.07) is 38.8. The van der Waals surface area contributed by atoms with Crippen molar-refractivity contribution in [1.29, 1.82) is 0 Å². The summed E-state index contributed by atoms with van der Waals surface area (Å²) in [6.07, 6.45) is 0. The lowest BCUT2D eigenvalue weighted by atomic mass is 9.99. The third kappa shape index (κ3) is 5.23. The molecular formula is C35H29N3O. The SMILES string of the molecule is Cc1cccc(CNc2ccc3c(c2)c(-c2ccccc2)nc2cc(NC(=O)c4cccc(C)c4)ccc23)c1. The Balaban J connectivity index is 1.40. The molecule has 190 valence electrons. The van der Waals surface area contributed by atoms with Crippen molar-refractivity contribution in [2.24, 2.45) is 0 Å². The smallest absolute Gasteiger partial charge is 0.255 e. The maximum Gasteiger partial charge on any atom is 0.255 e. The van der Waals surface area contributed by atoms with Crippen LogP contribution in [-0.4, -0.2) is 10.9 Å². The Bertz CT molecular complexity index is 1830. The molecule has 0 fully saturated rings. The number of benzene rings is 5. The molecule has 5 aromatic carbocycles. The molecule has 0 bridgehead atoms. The first-order valence-electron chi connectivity index (χ1n) is 13.1. The molecule has 0 saturated heterocycles. The van der Waals surface area contributed by atoms with E-state index in [-0.39, 0.29) is 5.91 Å². The van der Waals surface area contributed by atoms with Crippen LogP contribution in [0.25, 0.3) is 32.9 Å². The largest absolute Gasteiger partial charge is 0.381 e. The minimum atomic E-state index is -0.133. The molecule has 6 aromatic rings. The number of anilines is 2. The Hall–Kier alpha value is -4.96. The molecule has 0 aliphatic heterocycles. The number of aryl methyl sites for hydroxylation is 2. The molecule has 0 unspecified atom stereocenters. The first-order valence-corrected chi connectivity index (χ1v) is 13.1. The molecule has 0 aliphatic rings. The van der Waals surface area contributed by atoms with Crippen LogP contribution in [0, 0.1) is 13.8 Å². The first kappa shape index (κ1) is 24.4. The fourth-order valence-electron chi connectivity index (χ4n) is 5.03. The third-order valence-electron chi connectivity index (χ3n) is 6.96. The number of nitrogens with one attached hydrogen (secondary N) is 2. The van der Waals surface area contributed by atoms with Crippen LogP contribution >= 0.6 is 0 Å². The average molecular weight is 508 g/mol. The maximum atomic E-state index is 12.9. The number of hydrogen-bond donors (Lipinski definition) is 2. The summed E-state index contributed by atoms with van der Waals surface area (Å²) < 4.78 is 0. The first-order chi connectivity index (χ1) is 19.0. The van der Waals surface area contributed by atoms with Crippen LogP contribution in [0.15, 0.2) is 115 Å². The number of amides is 1. The van der Waals surface area contributed by atoms with Crippen LogP contribution < -0.4 is 10.6 Å². The van der Waals surface area contributed by atoms with Gasteiger partial charge in [-0.3, -0.25) is 4.79 Å². The Kier molecular flexibility index (Phi) is 6.52. The number of carbonyl (C=O) groups is 1. The Labute approximate surface area is 228 Å². The highest BCUT2D eigenvalue weighted by molar-refractivity contribution is 6.13. The van der Waals surface area contributed by atoms with E-state index >= 15 is 0 Å². The number of carbonyl (C=O) groups excluding carboxylic acids is 1. The molecular weight excluding hydrogens is 478 g/mol. The predicted octanol–water partition coefficient (Wildman–Crippen LogP) is 8.54. The molecule has 0 saturated carbocycles. The zero-order chi connectivity index (χ0) is 26.8. The summed E-state index contributed by atoms with van der Waals surface area (Å²) in [6.45, 7) is 4.84. The standard InChI is InChI=1S/C35H29N3O/c1-23-8-6-10-25(18-23)22-36-28-14-16-30-31-17-15-29(37-35(39)27-13-7-9-24(2)19-27)21-33(31)38-34(32(30)20-28)26-11-4-3-5-12-26/h3-21,36H,22H2,1-2H3,(H,37,39). The van der Waals surface area contributed by atoms with Crippen molar-refractivity contribution in [3.8, 4) is 11.3 Å². The minimum absolute atomic E-state index is 0.133. The number of hydrogen-bond acceptors (Lipinski definition) is 3. The molecule has 0 radical (unpaired) electrons. The monoisotopic (exact) mass is 507 g/mol. The van der Waals surface area contributed by atoms with Crippen LogP contribution in [0.4, 0.5) is 11.4 Å². The van der Waals surface area contributed by atoms with Gasteiger partial charge in [0.1, 0.15) is 0 Å². The van der Waals surface area contributed by atoms with Crippen LogP contribution in [0.5, 0.6) is 0 Å². The zero-order valence-corrected chi connectivity index (χ0v) is 22.0. The van der Waals surface area contributed by atoms with Gasteiger partial charge in [-0.25, -0.2) is 4.98 Å². The van der Waals surface area contributed by atoms with Crippen molar-refractivity contribution in [2.75, 3.05) is 10.6 Å². The van der Waals surface area contributed by atoms with Crippen LogP contribution in [0.1, 0.15) is 27.0 Å². The molecule has 6 rings (SSSR count). The number of aromatic nitrogens is 1. The fourth-order valence-corrected chi connectivity index (χ4v) is 5.03. The second-order valence-electron chi connectivity index (χ2n) is 9.98. The van der Waals surface area contributed by atoms with Crippen molar-refractivity contribution in [2.45, 2.75) is 20.4 Å². The highest BCUT2D eigenvalue weighted by Crippen LogP contribution is 2.35. The second-order valence-corrected chi connectivity index (χ2v) is 9.98. The molecule has 2 N–H and O–H groups in total. The molecule has 1 heterocycles. The number of rotatable bonds is 6. The normalized spacial score (nSPS) is 11.0. The van der Waals surface area contributed by atoms with E-state index in [1.54, 1.807) is 0 Å². The molecule has 0 atom stereocenters. The maximum absolute atomic E-state index is 12.9. The van der Waals surface area contributed by atoms with Crippen molar-refractivity contribution < 1.29 is 4.79 Å². The molecule has 0 spiro atoms. The molecule has 1 aromatic heterocycles. The highest BCUT2D eigenvalue weighted by atomic mass is 16.1. The summed E-state index contributed by atoms with van der Waals surface area (Å²) in [5.41, 5.74) is 8.75. The minimum Gasteiger partial charge on any atom is -0.381 e. The van der Waals surface area contributed by atoms with Gasteiger partial charge in [-0.05, 0) is 61.2 Å². The summed E-state index contributed by atoms with van der Waals surface area (Å²) in [5, 5.41) is 9.87. The molecule has 0 aliphatic carbocycles. The van der Waals surface area contributed by atoms with Gasteiger partial charge < -0.3 is 10.6 Å². The number of nitrogens with zero attached hydrogens (tertiary/aromatic N) is 1. The van der Waals surface area contributed by atoms with Crippen LogP contribution in [0.2, 0.25) is 0 Å². The van der Waals surface area contributed by atoms with E-state index in [4.69, 9.17) is 4.98 Å². The molecule has 39 heavy (non-hydrogen) atoms. The van der Waals surface area contributed by atoms with Gasteiger partial charge in [-0.15, -0.1) is 0 Å². The van der Waals surface area contributed by atoms with Gasteiger partial charge >= 0.3 is 0 Å². The van der Waals surface area contributed by atoms with Gasteiger partial charge in [0.2, 0.25) is 0 Å². The van der Waals surface area contributed by atoms with Gasteiger partial charge in [0.05, 0.1) is 11.2 Å². The van der Waals surface area contributed by atoms with Crippen LogP contribution in [-0.2, 0) is 6.54 Å². The third-order valence-corrected chi connectivity index (χ3v) is 6.96. The van der Waals surface area contributed by atoms with E-state index in [1.165, 1.54) is 11.1 Å². The lowest BCUT2D eigenvalue weighted by Crippen LogP contribution is -2.11. The topological polar surface area (TPSA) is 54.0 Å². The lowest BCUT2D eigenvalue weighted by Gasteiger charge is -2.14. The Morgan fingerprint density at radius 3 is 2.21 bits per heavy atom. The number of pyridine rings is 1. The van der Waals surface area contributed by atoms with Gasteiger partial charge in [0.25, 0.3) is 5.91 Å². The summed E-state index contributed by atoms with van der Waals surface area (Å²) in [7, 11) is 0. The fraction of sp³-hybridized carbons (Fsp3) is 0.0857. The summed E-state index contributed by atoms with van der Waals surface area (Å²) >= 11 is 0. The van der Waals surface area contributed by atoms with Crippen molar-refractivity contribution in [3.63, 3.8) is 0 Å². The quantitative estimate of drug-likeness (QED) is 0.222. The molecule has 1 amide bonds. The van der Waals surface area contributed by atoms with E-state index in [0.717, 1.165) is 56.4 Å². The van der Waals surface area contributed by atoms with E-state index < -0.39 is 0 Å².